The average molecular weight is 508 g/mol. The van der Waals surface area contributed by atoms with E-state index in [0.717, 1.165) is 67.0 Å². The Bertz CT molecular complexity index is 1240. The number of nitrogens with two attached hydrogens (primary N) is 1. The minimum atomic E-state index is 0.0613. The molecule has 0 aliphatic carbocycles. The number of methoxy groups -OCH3 is 1. The Morgan fingerprint density at radius 3 is 2.76 bits per heavy atom. The third kappa shape index (κ3) is 6.09. The lowest BCUT2D eigenvalue weighted by atomic mass is 9.92. The number of nitrogens with one attached hydrogen (secondary N) is 1. The van der Waals surface area contributed by atoms with Crippen LogP contribution in [0.25, 0.3) is 11.0 Å². The lowest BCUT2D eigenvalue weighted by Gasteiger charge is -2.30. The molecule has 0 saturated carbocycles. The first-order valence-electron chi connectivity index (χ1n) is 13.0. The normalized spacial score (nSPS) is 15.5. The summed E-state index contributed by atoms with van der Waals surface area (Å²) in [6, 6.07) is 4.33. The number of aliphatic hydroxyl groups is 1. The zero-order chi connectivity index (χ0) is 26.4. The fraction of sp³-hybridized carbons (Fsp3) is 0.577. The number of pyridine rings is 1. The van der Waals surface area contributed by atoms with Gasteiger partial charge in [0.05, 0.1) is 32.0 Å². The van der Waals surface area contributed by atoms with Crippen molar-refractivity contribution >= 4 is 22.8 Å². The summed E-state index contributed by atoms with van der Waals surface area (Å²) in [5, 5.41) is 26.7. The molecule has 3 aromatic heterocycles. The Hall–Kier alpha value is -3.49. The number of aromatic nitrogens is 5. The molecule has 3 aromatic rings. The Balaban J connectivity index is 1.62. The maximum absolute atomic E-state index is 9.52. The number of piperidine rings is 1. The molecule has 0 amide bonds. The molecule has 4 rings (SSSR count). The molecule has 1 atom stereocenters. The largest absolute Gasteiger partial charge is 0.496 e. The van der Waals surface area contributed by atoms with Crippen molar-refractivity contribution < 1.29 is 9.84 Å². The predicted molar refractivity (Wildman–Crippen MR) is 142 cm³/mol. The first-order chi connectivity index (χ1) is 18.0. The van der Waals surface area contributed by atoms with E-state index < -0.39 is 0 Å². The van der Waals surface area contributed by atoms with Gasteiger partial charge in [0, 0.05) is 42.1 Å². The van der Waals surface area contributed by atoms with Crippen LogP contribution < -0.4 is 15.8 Å². The standard InChI is InChI=1S/C26H37N9O2/c1-4-5-20(8-13-36)30-25-24-23(31-26(28)32-25)17(2)33-35(24)16-19-15-29-21(14-22(19)37-3)18-6-10-34(11-7-18)12-9-27/h14-15,18,20,36H,4-8,10-13,16H2,1-3H3,(H3,28,30,31,32)/t20-/m0/s1. The van der Waals surface area contributed by atoms with Gasteiger partial charge < -0.3 is 20.9 Å². The first-order valence-corrected chi connectivity index (χ1v) is 13.0. The molecule has 4 heterocycles. The highest BCUT2D eigenvalue weighted by molar-refractivity contribution is 5.88. The van der Waals surface area contributed by atoms with E-state index in [0.29, 0.717) is 36.8 Å². The van der Waals surface area contributed by atoms with Gasteiger partial charge in [-0.1, -0.05) is 13.3 Å². The summed E-state index contributed by atoms with van der Waals surface area (Å²) >= 11 is 0. The van der Waals surface area contributed by atoms with Crippen molar-refractivity contribution in [2.24, 2.45) is 0 Å². The van der Waals surface area contributed by atoms with Gasteiger partial charge in [-0.3, -0.25) is 14.6 Å². The highest BCUT2D eigenvalue weighted by Crippen LogP contribution is 2.32. The third-order valence-corrected chi connectivity index (χ3v) is 7.03. The predicted octanol–water partition coefficient (Wildman–Crippen LogP) is 2.83. The van der Waals surface area contributed by atoms with Crippen LogP contribution in [0, 0.1) is 18.3 Å². The number of anilines is 2. The third-order valence-electron chi connectivity index (χ3n) is 7.03. The molecule has 11 heteroatoms. The SMILES string of the molecule is CCC[C@@H](CCO)Nc1nc(N)nc2c(C)nn(Cc3cnc(C4CCN(CC#N)CC4)cc3OC)c12. The van der Waals surface area contributed by atoms with Crippen molar-refractivity contribution in [1.29, 1.82) is 5.26 Å². The summed E-state index contributed by atoms with van der Waals surface area (Å²) in [6.45, 7) is 6.82. The molecule has 0 spiro atoms. The molecular weight excluding hydrogens is 470 g/mol. The van der Waals surface area contributed by atoms with E-state index in [2.05, 4.69) is 33.2 Å². The van der Waals surface area contributed by atoms with Crippen LogP contribution in [-0.2, 0) is 6.54 Å². The first kappa shape index (κ1) is 26.6. The van der Waals surface area contributed by atoms with Crippen LogP contribution in [0.4, 0.5) is 11.8 Å². The maximum Gasteiger partial charge on any atom is 0.222 e. The Morgan fingerprint density at radius 1 is 1.30 bits per heavy atom. The Labute approximate surface area is 217 Å². The van der Waals surface area contributed by atoms with E-state index in [9.17, 15) is 5.11 Å². The zero-order valence-corrected chi connectivity index (χ0v) is 21.9. The lowest BCUT2D eigenvalue weighted by molar-refractivity contribution is 0.233. The van der Waals surface area contributed by atoms with E-state index >= 15 is 0 Å². The molecule has 0 bridgehead atoms. The fourth-order valence-corrected chi connectivity index (χ4v) is 5.11. The summed E-state index contributed by atoms with van der Waals surface area (Å²) in [7, 11) is 1.67. The van der Waals surface area contributed by atoms with Crippen LogP contribution in [0.2, 0.25) is 0 Å². The highest BCUT2D eigenvalue weighted by Gasteiger charge is 2.24. The quantitative estimate of drug-likeness (QED) is 0.330. The number of fused-ring (bicyclic) bond motifs is 1. The molecule has 1 aliphatic heterocycles. The minimum absolute atomic E-state index is 0.0613. The number of rotatable bonds is 11. The van der Waals surface area contributed by atoms with Gasteiger partial charge in [-0.05, 0) is 45.7 Å². The van der Waals surface area contributed by atoms with Gasteiger partial charge in [0.1, 0.15) is 16.8 Å². The minimum Gasteiger partial charge on any atom is -0.496 e. The second-order valence-electron chi connectivity index (χ2n) is 9.64. The maximum atomic E-state index is 9.52. The molecule has 37 heavy (non-hydrogen) atoms. The number of hydrogen-bond donors (Lipinski definition) is 3. The van der Waals surface area contributed by atoms with Gasteiger partial charge in [0.15, 0.2) is 5.82 Å². The number of aliphatic hydroxyl groups excluding tert-OH is 1. The van der Waals surface area contributed by atoms with Crippen LogP contribution >= 0.6 is 0 Å². The number of likely N-dealkylation sites (tertiary alicyclic amines) is 1. The molecule has 0 aromatic carbocycles. The van der Waals surface area contributed by atoms with Gasteiger partial charge in [-0.15, -0.1) is 0 Å². The molecule has 198 valence electrons. The number of nitrogens with zero attached hydrogens (tertiary/aromatic N) is 7. The number of hydrogen-bond acceptors (Lipinski definition) is 10. The van der Waals surface area contributed by atoms with Gasteiger partial charge in [0.25, 0.3) is 0 Å². The van der Waals surface area contributed by atoms with Crippen molar-refractivity contribution in [3.8, 4) is 11.8 Å². The second-order valence-corrected chi connectivity index (χ2v) is 9.64. The number of nitrogen functional groups attached to an aromatic ring is 1. The molecule has 4 N–H and O–H groups in total. The summed E-state index contributed by atoms with van der Waals surface area (Å²) in [4.78, 5) is 15.9. The highest BCUT2D eigenvalue weighted by atomic mass is 16.5. The Kier molecular flexibility index (Phi) is 8.74. The summed E-state index contributed by atoms with van der Waals surface area (Å²) < 4.78 is 7.65. The van der Waals surface area contributed by atoms with Crippen LogP contribution in [0.3, 0.4) is 0 Å². The summed E-state index contributed by atoms with van der Waals surface area (Å²) in [6.07, 6.45) is 6.30. The van der Waals surface area contributed by atoms with Gasteiger partial charge >= 0.3 is 0 Å². The summed E-state index contributed by atoms with van der Waals surface area (Å²) in [5.41, 5.74) is 10.2. The molecule has 1 fully saturated rings. The van der Waals surface area contributed by atoms with Crippen LogP contribution in [0.1, 0.15) is 61.9 Å². The fourth-order valence-electron chi connectivity index (χ4n) is 5.11. The van der Waals surface area contributed by atoms with Gasteiger partial charge in [-0.2, -0.15) is 15.3 Å². The monoisotopic (exact) mass is 507 g/mol. The molecule has 1 saturated heterocycles. The van der Waals surface area contributed by atoms with E-state index in [-0.39, 0.29) is 18.6 Å². The number of aryl methyl sites for hydroxylation is 1. The van der Waals surface area contributed by atoms with Crippen molar-refractivity contribution in [2.45, 2.75) is 64.5 Å². The topological polar surface area (TPSA) is 151 Å². The summed E-state index contributed by atoms with van der Waals surface area (Å²) in [5.74, 6) is 1.91. The number of nitriles is 1. The van der Waals surface area contributed by atoms with Crippen molar-refractivity contribution in [1.82, 2.24) is 29.6 Å². The smallest absolute Gasteiger partial charge is 0.222 e. The van der Waals surface area contributed by atoms with Gasteiger partial charge in [0.2, 0.25) is 5.95 Å². The Morgan fingerprint density at radius 2 is 2.08 bits per heavy atom. The molecule has 0 radical (unpaired) electrons. The van der Waals surface area contributed by atoms with E-state index in [1.165, 1.54) is 0 Å². The van der Waals surface area contributed by atoms with E-state index in [1.54, 1.807) is 7.11 Å². The van der Waals surface area contributed by atoms with Crippen molar-refractivity contribution in [2.75, 3.05) is 44.4 Å². The zero-order valence-electron chi connectivity index (χ0n) is 21.9. The molecule has 1 aliphatic rings. The second kappa shape index (κ2) is 12.2. The van der Waals surface area contributed by atoms with Crippen LogP contribution in [0.5, 0.6) is 5.75 Å². The van der Waals surface area contributed by atoms with Crippen LogP contribution in [0.15, 0.2) is 12.3 Å². The molecule has 0 unspecified atom stereocenters. The average Bonchev–Trinajstić information content (AvgIpc) is 3.20. The van der Waals surface area contributed by atoms with E-state index in [1.807, 2.05) is 23.9 Å². The molecular formula is C26H37N9O2. The number of ether oxygens (including phenoxy) is 1. The molecule has 11 nitrogen and oxygen atoms in total. The lowest BCUT2D eigenvalue weighted by Crippen LogP contribution is -2.33. The van der Waals surface area contributed by atoms with Crippen molar-refractivity contribution in [3.63, 3.8) is 0 Å². The van der Waals surface area contributed by atoms with Gasteiger partial charge in [-0.25, -0.2) is 4.98 Å². The van der Waals surface area contributed by atoms with E-state index in [4.69, 9.17) is 25.8 Å². The van der Waals surface area contributed by atoms with Crippen LogP contribution in [-0.4, -0.2) is 74.1 Å². The van der Waals surface area contributed by atoms with Crippen molar-refractivity contribution in [3.05, 3.63) is 29.2 Å².